The Bertz CT molecular complexity index is 468. The second-order valence-corrected chi connectivity index (χ2v) is 6.48. The highest BCUT2D eigenvalue weighted by atomic mass is 16.1. The first-order valence-electron chi connectivity index (χ1n) is 7.82. The molecule has 2 saturated carbocycles. The van der Waals surface area contributed by atoms with Crippen molar-refractivity contribution in [3.63, 3.8) is 0 Å². The third-order valence-electron chi connectivity index (χ3n) is 5.05. The summed E-state index contributed by atoms with van der Waals surface area (Å²) in [6.07, 6.45) is 7.04. The van der Waals surface area contributed by atoms with E-state index in [1.54, 1.807) is 0 Å². The molecule has 0 spiro atoms. The van der Waals surface area contributed by atoms with Crippen LogP contribution in [0.15, 0.2) is 24.3 Å². The maximum Gasteiger partial charge on any atom is 0.220 e. The molecule has 1 aromatic rings. The Morgan fingerprint density at radius 2 is 2.00 bits per heavy atom. The lowest BCUT2D eigenvalue weighted by Crippen LogP contribution is -2.29. The highest BCUT2D eigenvalue weighted by Crippen LogP contribution is 2.49. The summed E-state index contributed by atoms with van der Waals surface area (Å²) < 4.78 is 0. The van der Waals surface area contributed by atoms with Crippen LogP contribution < -0.4 is 11.1 Å². The van der Waals surface area contributed by atoms with Gasteiger partial charge in [0.05, 0.1) is 0 Å². The van der Waals surface area contributed by atoms with Crippen molar-refractivity contribution >= 4 is 11.6 Å². The zero-order valence-electron chi connectivity index (χ0n) is 12.0. The van der Waals surface area contributed by atoms with Crippen molar-refractivity contribution < 1.29 is 4.79 Å². The van der Waals surface area contributed by atoms with Crippen molar-refractivity contribution in [2.24, 2.45) is 17.8 Å². The van der Waals surface area contributed by atoms with Crippen LogP contribution in [-0.2, 0) is 11.2 Å². The molecule has 0 saturated heterocycles. The van der Waals surface area contributed by atoms with E-state index in [1.807, 2.05) is 24.3 Å². The quantitative estimate of drug-likeness (QED) is 0.810. The molecule has 3 unspecified atom stereocenters. The lowest BCUT2D eigenvalue weighted by molar-refractivity contribution is -0.122. The zero-order valence-corrected chi connectivity index (χ0v) is 12.0. The number of nitrogen functional groups attached to an aromatic ring is 1. The van der Waals surface area contributed by atoms with Crippen LogP contribution in [0.5, 0.6) is 0 Å². The molecule has 108 valence electrons. The van der Waals surface area contributed by atoms with E-state index in [0.29, 0.717) is 5.92 Å². The Hall–Kier alpha value is -1.51. The molecule has 0 heterocycles. The second kappa shape index (κ2) is 5.86. The van der Waals surface area contributed by atoms with E-state index < -0.39 is 0 Å². The maximum atomic E-state index is 12.0. The van der Waals surface area contributed by atoms with Crippen molar-refractivity contribution in [2.75, 3.05) is 12.3 Å². The van der Waals surface area contributed by atoms with Crippen LogP contribution in [0.1, 0.15) is 37.7 Å². The summed E-state index contributed by atoms with van der Waals surface area (Å²) in [7, 11) is 0. The highest BCUT2D eigenvalue weighted by Gasteiger charge is 2.39. The van der Waals surface area contributed by atoms with Crippen LogP contribution >= 0.6 is 0 Å². The van der Waals surface area contributed by atoms with Crippen molar-refractivity contribution in [2.45, 2.75) is 38.5 Å². The van der Waals surface area contributed by atoms with Gasteiger partial charge in [-0.15, -0.1) is 0 Å². The van der Waals surface area contributed by atoms with Gasteiger partial charge in [-0.3, -0.25) is 4.79 Å². The van der Waals surface area contributed by atoms with Crippen LogP contribution in [0.3, 0.4) is 0 Å². The minimum Gasteiger partial charge on any atom is -0.399 e. The van der Waals surface area contributed by atoms with Crippen LogP contribution in [0.25, 0.3) is 0 Å². The van der Waals surface area contributed by atoms with Gasteiger partial charge in [-0.25, -0.2) is 0 Å². The average Bonchev–Trinajstić information content (AvgIpc) is 3.03. The van der Waals surface area contributed by atoms with Gasteiger partial charge in [-0.2, -0.15) is 0 Å². The number of carbonyl (C=O) groups excluding carboxylic acids is 1. The van der Waals surface area contributed by atoms with Crippen molar-refractivity contribution in [1.82, 2.24) is 5.32 Å². The van der Waals surface area contributed by atoms with Gasteiger partial charge < -0.3 is 11.1 Å². The number of carbonyl (C=O) groups is 1. The number of fused-ring (bicyclic) bond motifs is 2. The fourth-order valence-corrected chi connectivity index (χ4v) is 3.97. The molecular formula is C17H24N2O. The summed E-state index contributed by atoms with van der Waals surface area (Å²) in [5.41, 5.74) is 7.66. The molecule has 20 heavy (non-hydrogen) atoms. The molecule has 0 radical (unpaired) electrons. The Kier molecular flexibility index (Phi) is 3.95. The lowest BCUT2D eigenvalue weighted by Gasteiger charge is -2.20. The predicted octanol–water partition coefficient (Wildman–Crippen LogP) is 2.75. The molecule has 3 atom stereocenters. The van der Waals surface area contributed by atoms with E-state index in [1.165, 1.54) is 31.2 Å². The van der Waals surface area contributed by atoms with Crippen LogP contribution in [0.2, 0.25) is 0 Å². The molecule has 0 aliphatic heterocycles. The van der Waals surface area contributed by atoms with Gasteiger partial charge in [0.15, 0.2) is 0 Å². The summed E-state index contributed by atoms with van der Waals surface area (Å²) in [4.78, 5) is 12.0. The van der Waals surface area contributed by atoms with Crippen LogP contribution in [0.4, 0.5) is 5.69 Å². The lowest BCUT2D eigenvalue weighted by atomic mass is 9.86. The molecule has 2 bridgehead atoms. The fourth-order valence-electron chi connectivity index (χ4n) is 3.97. The van der Waals surface area contributed by atoms with Crippen molar-refractivity contribution in [1.29, 1.82) is 0 Å². The predicted molar refractivity (Wildman–Crippen MR) is 81.1 cm³/mol. The SMILES string of the molecule is Nc1ccc(CCNC(=O)CC2CC3CCC2C3)cc1. The number of anilines is 1. The van der Waals surface area contributed by atoms with Crippen LogP contribution in [-0.4, -0.2) is 12.5 Å². The Morgan fingerprint density at radius 1 is 1.20 bits per heavy atom. The molecule has 3 heteroatoms. The van der Waals surface area contributed by atoms with E-state index >= 15 is 0 Å². The van der Waals surface area contributed by atoms with Gasteiger partial charge in [0.2, 0.25) is 5.91 Å². The molecule has 1 aromatic carbocycles. The number of nitrogens with one attached hydrogen (secondary N) is 1. The molecule has 2 aliphatic rings. The van der Waals surface area contributed by atoms with Gasteiger partial charge in [-0.05, 0) is 61.1 Å². The van der Waals surface area contributed by atoms with Crippen LogP contribution in [0, 0.1) is 17.8 Å². The van der Waals surface area contributed by atoms with E-state index in [9.17, 15) is 4.79 Å². The highest BCUT2D eigenvalue weighted by molar-refractivity contribution is 5.76. The van der Waals surface area contributed by atoms with Crippen molar-refractivity contribution in [3.05, 3.63) is 29.8 Å². The largest absolute Gasteiger partial charge is 0.399 e. The number of benzene rings is 1. The third-order valence-corrected chi connectivity index (χ3v) is 5.05. The molecular weight excluding hydrogens is 248 g/mol. The topological polar surface area (TPSA) is 55.1 Å². The molecule has 2 aliphatic carbocycles. The standard InChI is InChI=1S/C17H24N2O/c18-16-5-2-12(3-6-16)7-8-19-17(20)11-15-10-13-1-4-14(15)9-13/h2-3,5-6,13-15H,1,4,7-11,18H2,(H,19,20). The first-order valence-corrected chi connectivity index (χ1v) is 7.82. The molecule has 3 nitrogen and oxygen atoms in total. The van der Waals surface area contributed by atoms with Gasteiger partial charge >= 0.3 is 0 Å². The first kappa shape index (κ1) is 13.5. The minimum atomic E-state index is 0.234. The summed E-state index contributed by atoms with van der Waals surface area (Å²) in [6.45, 7) is 0.726. The van der Waals surface area contributed by atoms with Gasteiger partial charge in [0.1, 0.15) is 0 Å². The normalized spacial score (nSPS) is 27.7. The maximum absolute atomic E-state index is 12.0. The molecule has 3 rings (SSSR count). The first-order chi connectivity index (χ1) is 9.70. The second-order valence-electron chi connectivity index (χ2n) is 6.48. The average molecular weight is 272 g/mol. The van der Waals surface area contributed by atoms with E-state index in [0.717, 1.165) is 36.9 Å². The Balaban J connectivity index is 1.38. The third kappa shape index (κ3) is 3.14. The molecule has 3 N–H and O–H groups in total. The molecule has 1 amide bonds. The number of hydrogen-bond donors (Lipinski definition) is 2. The molecule has 2 fully saturated rings. The summed E-state index contributed by atoms with van der Waals surface area (Å²) in [6, 6.07) is 7.87. The smallest absolute Gasteiger partial charge is 0.220 e. The van der Waals surface area contributed by atoms with E-state index in [2.05, 4.69) is 5.32 Å². The van der Waals surface area contributed by atoms with E-state index in [4.69, 9.17) is 5.73 Å². The fraction of sp³-hybridized carbons (Fsp3) is 0.588. The number of nitrogens with two attached hydrogens (primary N) is 1. The summed E-state index contributed by atoms with van der Waals surface area (Å²) in [5.74, 6) is 2.65. The van der Waals surface area contributed by atoms with Gasteiger partial charge in [-0.1, -0.05) is 18.6 Å². The Labute approximate surface area is 120 Å². The van der Waals surface area contributed by atoms with E-state index in [-0.39, 0.29) is 5.91 Å². The monoisotopic (exact) mass is 272 g/mol. The zero-order chi connectivity index (χ0) is 13.9. The number of amides is 1. The van der Waals surface area contributed by atoms with Crippen molar-refractivity contribution in [3.8, 4) is 0 Å². The van der Waals surface area contributed by atoms with Gasteiger partial charge in [0, 0.05) is 18.7 Å². The number of rotatable bonds is 5. The Morgan fingerprint density at radius 3 is 2.65 bits per heavy atom. The summed E-state index contributed by atoms with van der Waals surface area (Å²) in [5, 5.41) is 3.06. The molecule has 0 aromatic heterocycles. The minimum absolute atomic E-state index is 0.234. The number of hydrogen-bond acceptors (Lipinski definition) is 2. The van der Waals surface area contributed by atoms with Gasteiger partial charge in [0.25, 0.3) is 0 Å². The summed E-state index contributed by atoms with van der Waals surface area (Å²) >= 11 is 0.